The molecular formula is C23H32. The first-order chi connectivity index (χ1) is 11.3. The van der Waals surface area contributed by atoms with Gasteiger partial charge in [0, 0.05) is 0 Å². The molecule has 0 saturated heterocycles. The fraction of sp³-hybridized carbons (Fsp3) is 0.565. The van der Waals surface area contributed by atoms with Crippen LogP contribution in [-0.4, -0.2) is 0 Å². The number of allylic oxidation sites excluding steroid dienone is 4. The van der Waals surface area contributed by atoms with E-state index in [9.17, 15) is 0 Å². The third-order valence-electron chi connectivity index (χ3n) is 6.14. The molecule has 0 heterocycles. The third-order valence-corrected chi connectivity index (χ3v) is 6.14. The van der Waals surface area contributed by atoms with E-state index in [4.69, 9.17) is 0 Å². The van der Waals surface area contributed by atoms with Gasteiger partial charge in [-0.05, 0) is 94.1 Å². The van der Waals surface area contributed by atoms with Crippen LogP contribution in [0.3, 0.4) is 0 Å². The van der Waals surface area contributed by atoms with Crippen molar-refractivity contribution in [3.63, 3.8) is 0 Å². The maximum atomic E-state index is 2.55. The lowest BCUT2D eigenvalue weighted by Crippen LogP contribution is -2.23. The van der Waals surface area contributed by atoms with Crippen molar-refractivity contribution in [1.82, 2.24) is 0 Å². The Hall–Kier alpha value is -1.30. The maximum Gasteiger partial charge on any atom is -0.0228 e. The Morgan fingerprint density at radius 3 is 2.30 bits per heavy atom. The van der Waals surface area contributed by atoms with E-state index in [1.807, 2.05) is 0 Å². The van der Waals surface area contributed by atoms with E-state index < -0.39 is 0 Å². The minimum atomic E-state index is 0.951. The van der Waals surface area contributed by atoms with Gasteiger partial charge in [0.2, 0.25) is 0 Å². The van der Waals surface area contributed by atoms with Crippen molar-refractivity contribution in [3.05, 3.63) is 53.6 Å². The number of benzene rings is 1. The molecule has 0 N–H and O–H groups in total. The van der Waals surface area contributed by atoms with E-state index >= 15 is 0 Å². The van der Waals surface area contributed by atoms with Gasteiger partial charge in [0.15, 0.2) is 0 Å². The Balaban J connectivity index is 1.52. The molecule has 0 aliphatic heterocycles. The molecule has 3 rings (SSSR count). The van der Waals surface area contributed by atoms with Gasteiger partial charge < -0.3 is 0 Å². The third kappa shape index (κ3) is 4.37. The second-order valence-electron chi connectivity index (χ2n) is 7.72. The highest BCUT2D eigenvalue weighted by Gasteiger charge is 2.28. The number of aryl methyl sites for hydroxylation is 1. The van der Waals surface area contributed by atoms with Crippen LogP contribution >= 0.6 is 0 Å². The van der Waals surface area contributed by atoms with Gasteiger partial charge in [-0.15, -0.1) is 0 Å². The summed E-state index contributed by atoms with van der Waals surface area (Å²) in [5.74, 6) is 2.91. The smallest absolute Gasteiger partial charge is 0.0228 e. The molecule has 0 spiro atoms. The molecule has 1 aromatic carbocycles. The summed E-state index contributed by atoms with van der Waals surface area (Å²) in [5.41, 5.74) is 4.39. The number of rotatable bonds is 4. The van der Waals surface area contributed by atoms with Gasteiger partial charge in [-0.1, -0.05) is 48.1 Å². The highest BCUT2D eigenvalue weighted by atomic mass is 14.3. The molecule has 0 nitrogen and oxygen atoms in total. The lowest BCUT2D eigenvalue weighted by Gasteiger charge is -2.35. The zero-order valence-electron chi connectivity index (χ0n) is 14.9. The summed E-state index contributed by atoms with van der Waals surface area (Å²) in [6, 6.07) is 9.09. The molecule has 2 aliphatic carbocycles. The molecule has 0 amide bonds. The lowest BCUT2D eigenvalue weighted by atomic mass is 9.70. The largest absolute Gasteiger partial charge is 0.0917 e. The van der Waals surface area contributed by atoms with Crippen LogP contribution in [0.2, 0.25) is 0 Å². The maximum absolute atomic E-state index is 2.55. The molecule has 0 aromatic heterocycles. The van der Waals surface area contributed by atoms with Crippen molar-refractivity contribution >= 4 is 5.57 Å². The molecule has 124 valence electrons. The van der Waals surface area contributed by atoms with E-state index in [2.05, 4.69) is 56.3 Å². The lowest BCUT2D eigenvalue weighted by molar-refractivity contribution is 0.195. The summed E-state index contributed by atoms with van der Waals surface area (Å²) < 4.78 is 0. The van der Waals surface area contributed by atoms with Gasteiger partial charge in [-0.3, -0.25) is 0 Å². The summed E-state index contributed by atoms with van der Waals surface area (Å²) in [7, 11) is 0. The van der Waals surface area contributed by atoms with Gasteiger partial charge in [0.25, 0.3) is 0 Å². The zero-order chi connectivity index (χ0) is 16.1. The molecule has 23 heavy (non-hydrogen) atoms. The number of hydrogen-bond acceptors (Lipinski definition) is 0. The van der Waals surface area contributed by atoms with Gasteiger partial charge in [0.1, 0.15) is 0 Å². The van der Waals surface area contributed by atoms with Crippen molar-refractivity contribution in [2.75, 3.05) is 0 Å². The second kappa shape index (κ2) is 7.99. The minimum absolute atomic E-state index is 0.951. The fourth-order valence-corrected chi connectivity index (χ4v) is 4.54. The summed E-state index contributed by atoms with van der Waals surface area (Å²) >= 11 is 0. The van der Waals surface area contributed by atoms with Crippen LogP contribution in [0.1, 0.15) is 69.4 Å². The van der Waals surface area contributed by atoms with Crippen molar-refractivity contribution < 1.29 is 0 Å². The predicted octanol–water partition coefficient (Wildman–Crippen LogP) is 6.95. The first-order valence-electron chi connectivity index (χ1n) is 9.63. The molecule has 2 aliphatic rings. The topological polar surface area (TPSA) is 0 Å². The Morgan fingerprint density at radius 2 is 1.70 bits per heavy atom. The molecule has 1 saturated carbocycles. The average molecular weight is 309 g/mol. The van der Waals surface area contributed by atoms with Crippen LogP contribution < -0.4 is 0 Å². The first kappa shape index (κ1) is 16.6. The molecule has 1 unspecified atom stereocenters. The zero-order valence-corrected chi connectivity index (χ0v) is 14.9. The predicted molar refractivity (Wildman–Crippen MR) is 101 cm³/mol. The van der Waals surface area contributed by atoms with Crippen LogP contribution in [0, 0.1) is 24.7 Å². The molecule has 0 radical (unpaired) electrons. The Labute approximate surface area is 142 Å². The standard InChI is InChI=1S/C23H32/c1-3-4-5-19-8-12-21(13-9-19)23-16-14-22(15-17-23)20-10-6-18(2)7-11-20/h3-4,6-7,10-11,14,19,21,23H,5,8-9,12-13,15-17H2,1-2H3/b4-3+. The summed E-state index contributed by atoms with van der Waals surface area (Å²) in [5, 5.41) is 0. The molecule has 0 heteroatoms. The Bertz CT molecular complexity index is 538. The van der Waals surface area contributed by atoms with Crippen LogP contribution in [0.5, 0.6) is 0 Å². The van der Waals surface area contributed by atoms with E-state index in [-0.39, 0.29) is 0 Å². The Morgan fingerprint density at radius 1 is 0.957 bits per heavy atom. The van der Waals surface area contributed by atoms with Crippen molar-refractivity contribution in [2.24, 2.45) is 17.8 Å². The second-order valence-corrected chi connectivity index (χ2v) is 7.72. The average Bonchev–Trinajstić information content (AvgIpc) is 2.61. The van der Waals surface area contributed by atoms with Crippen molar-refractivity contribution in [3.8, 4) is 0 Å². The van der Waals surface area contributed by atoms with Crippen LogP contribution in [0.4, 0.5) is 0 Å². The van der Waals surface area contributed by atoms with E-state index in [1.54, 1.807) is 5.57 Å². The fourth-order valence-electron chi connectivity index (χ4n) is 4.54. The van der Waals surface area contributed by atoms with E-state index in [0.717, 1.165) is 17.8 Å². The van der Waals surface area contributed by atoms with Crippen molar-refractivity contribution in [2.45, 2.75) is 65.2 Å². The SMILES string of the molecule is C/C=C/CC1CCC(C2CC=C(c3ccc(C)cc3)CC2)CC1. The molecule has 1 fully saturated rings. The normalized spacial score (nSPS) is 28.8. The van der Waals surface area contributed by atoms with Gasteiger partial charge in [0.05, 0.1) is 0 Å². The van der Waals surface area contributed by atoms with Crippen LogP contribution in [0.25, 0.3) is 5.57 Å². The van der Waals surface area contributed by atoms with Crippen LogP contribution in [0.15, 0.2) is 42.5 Å². The van der Waals surface area contributed by atoms with E-state index in [1.165, 1.54) is 62.5 Å². The highest BCUT2D eigenvalue weighted by Crippen LogP contribution is 2.41. The summed E-state index contributed by atoms with van der Waals surface area (Å²) in [6.45, 7) is 4.31. The number of hydrogen-bond donors (Lipinski definition) is 0. The molecule has 1 atom stereocenters. The van der Waals surface area contributed by atoms with Gasteiger partial charge in [-0.2, -0.15) is 0 Å². The van der Waals surface area contributed by atoms with E-state index in [0.29, 0.717) is 0 Å². The monoisotopic (exact) mass is 308 g/mol. The minimum Gasteiger partial charge on any atom is -0.0917 e. The Kier molecular flexibility index (Phi) is 5.75. The molecule has 0 bridgehead atoms. The highest BCUT2D eigenvalue weighted by molar-refractivity contribution is 5.66. The van der Waals surface area contributed by atoms with Crippen molar-refractivity contribution in [1.29, 1.82) is 0 Å². The van der Waals surface area contributed by atoms with Gasteiger partial charge in [-0.25, -0.2) is 0 Å². The summed E-state index contributed by atoms with van der Waals surface area (Å²) in [4.78, 5) is 0. The van der Waals surface area contributed by atoms with Gasteiger partial charge >= 0.3 is 0 Å². The summed E-state index contributed by atoms with van der Waals surface area (Å²) in [6.07, 6.45) is 18.3. The quantitative estimate of drug-likeness (QED) is 0.528. The first-order valence-corrected chi connectivity index (χ1v) is 9.63. The molecular weight excluding hydrogens is 276 g/mol. The van der Waals surface area contributed by atoms with Crippen LogP contribution in [-0.2, 0) is 0 Å². The molecule has 1 aromatic rings.